The van der Waals surface area contributed by atoms with Crippen molar-refractivity contribution < 1.29 is 0 Å². The van der Waals surface area contributed by atoms with Crippen LogP contribution in [0.25, 0.3) is 0 Å². The minimum atomic E-state index is 0.518. The summed E-state index contributed by atoms with van der Waals surface area (Å²) in [6.07, 6.45) is 1.19. The molecule has 1 aromatic heterocycles. The summed E-state index contributed by atoms with van der Waals surface area (Å²) in [6.45, 7) is 7.22. The standard InChI is InChI=1S/C12H22ClN3S/c1-5-17-7-6-9(2)14-8-11-10(3)15-16(4)12(11)13/h9,14H,5-8H2,1-4H3. The van der Waals surface area contributed by atoms with Crippen LogP contribution in [0.3, 0.4) is 0 Å². The van der Waals surface area contributed by atoms with Crippen LogP contribution in [0.1, 0.15) is 31.5 Å². The number of aryl methyl sites for hydroxylation is 2. The van der Waals surface area contributed by atoms with Crippen LogP contribution in [0.15, 0.2) is 0 Å². The minimum absolute atomic E-state index is 0.518. The Kier molecular flexibility index (Phi) is 6.38. The monoisotopic (exact) mass is 275 g/mol. The predicted octanol–water partition coefficient (Wildman–Crippen LogP) is 3.00. The second-order valence-electron chi connectivity index (χ2n) is 4.25. The Morgan fingerprint density at radius 3 is 2.76 bits per heavy atom. The lowest BCUT2D eigenvalue weighted by Gasteiger charge is -2.13. The molecule has 0 aliphatic heterocycles. The molecular formula is C12H22ClN3S. The number of aromatic nitrogens is 2. The molecule has 17 heavy (non-hydrogen) atoms. The van der Waals surface area contributed by atoms with E-state index >= 15 is 0 Å². The molecule has 1 heterocycles. The maximum Gasteiger partial charge on any atom is 0.131 e. The van der Waals surface area contributed by atoms with Gasteiger partial charge in [0.1, 0.15) is 5.15 Å². The summed E-state index contributed by atoms with van der Waals surface area (Å²) in [5, 5.41) is 8.55. The van der Waals surface area contributed by atoms with E-state index in [0.717, 1.165) is 23.0 Å². The summed E-state index contributed by atoms with van der Waals surface area (Å²) in [7, 11) is 1.88. The molecule has 1 atom stereocenters. The van der Waals surface area contributed by atoms with Crippen molar-refractivity contribution in [2.45, 2.75) is 39.8 Å². The Hall–Kier alpha value is -0.190. The summed E-state index contributed by atoms with van der Waals surface area (Å²) in [6, 6.07) is 0.518. The number of hydrogen-bond donors (Lipinski definition) is 1. The van der Waals surface area contributed by atoms with Crippen LogP contribution in [-0.4, -0.2) is 27.3 Å². The molecule has 0 bridgehead atoms. The lowest BCUT2D eigenvalue weighted by atomic mass is 10.2. The maximum atomic E-state index is 6.18. The van der Waals surface area contributed by atoms with Gasteiger partial charge in [-0.05, 0) is 31.8 Å². The Labute approximate surface area is 113 Å². The molecule has 5 heteroatoms. The van der Waals surface area contributed by atoms with Crippen LogP contribution in [0.5, 0.6) is 0 Å². The van der Waals surface area contributed by atoms with Crippen molar-refractivity contribution in [3.8, 4) is 0 Å². The largest absolute Gasteiger partial charge is 0.310 e. The number of nitrogens with zero attached hydrogens (tertiary/aromatic N) is 2. The topological polar surface area (TPSA) is 29.9 Å². The van der Waals surface area contributed by atoms with E-state index < -0.39 is 0 Å². The molecule has 1 aromatic rings. The molecule has 1 rings (SSSR count). The predicted molar refractivity (Wildman–Crippen MR) is 76.9 cm³/mol. The average Bonchev–Trinajstić information content (AvgIpc) is 2.51. The highest BCUT2D eigenvalue weighted by Crippen LogP contribution is 2.18. The van der Waals surface area contributed by atoms with Crippen molar-refractivity contribution in [3.05, 3.63) is 16.4 Å². The molecule has 1 unspecified atom stereocenters. The zero-order chi connectivity index (χ0) is 12.8. The molecule has 1 N–H and O–H groups in total. The maximum absolute atomic E-state index is 6.18. The van der Waals surface area contributed by atoms with E-state index in [1.807, 2.05) is 25.7 Å². The zero-order valence-electron chi connectivity index (χ0n) is 11.1. The van der Waals surface area contributed by atoms with Crippen LogP contribution in [0.2, 0.25) is 5.15 Å². The second kappa shape index (κ2) is 7.29. The van der Waals surface area contributed by atoms with E-state index in [1.54, 1.807) is 4.68 Å². The Morgan fingerprint density at radius 2 is 2.24 bits per heavy atom. The summed E-state index contributed by atoms with van der Waals surface area (Å²) in [4.78, 5) is 0. The number of nitrogens with one attached hydrogen (secondary N) is 1. The van der Waals surface area contributed by atoms with Crippen molar-refractivity contribution >= 4 is 23.4 Å². The lowest BCUT2D eigenvalue weighted by Crippen LogP contribution is -2.26. The van der Waals surface area contributed by atoms with Gasteiger partial charge in [0, 0.05) is 25.2 Å². The highest BCUT2D eigenvalue weighted by Gasteiger charge is 2.11. The molecule has 0 aliphatic rings. The van der Waals surface area contributed by atoms with Crippen LogP contribution in [0.4, 0.5) is 0 Å². The van der Waals surface area contributed by atoms with Crippen molar-refractivity contribution in [1.82, 2.24) is 15.1 Å². The van der Waals surface area contributed by atoms with Crippen molar-refractivity contribution in [2.75, 3.05) is 11.5 Å². The first-order valence-corrected chi connectivity index (χ1v) is 7.58. The highest BCUT2D eigenvalue weighted by atomic mass is 35.5. The van der Waals surface area contributed by atoms with Gasteiger partial charge in [0.05, 0.1) is 5.69 Å². The molecule has 0 fully saturated rings. The van der Waals surface area contributed by atoms with Crippen LogP contribution < -0.4 is 5.32 Å². The number of rotatable bonds is 7. The van der Waals surface area contributed by atoms with Crippen molar-refractivity contribution in [3.63, 3.8) is 0 Å². The van der Waals surface area contributed by atoms with Crippen LogP contribution >= 0.6 is 23.4 Å². The fourth-order valence-corrected chi connectivity index (χ4v) is 2.71. The molecule has 3 nitrogen and oxygen atoms in total. The van der Waals surface area contributed by atoms with Crippen molar-refractivity contribution in [2.24, 2.45) is 7.05 Å². The van der Waals surface area contributed by atoms with E-state index in [2.05, 4.69) is 24.3 Å². The van der Waals surface area contributed by atoms with E-state index in [4.69, 9.17) is 11.6 Å². The van der Waals surface area contributed by atoms with E-state index in [-0.39, 0.29) is 0 Å². The molecule has 0 radical (unpaired) electrons. The first kappa shape index (κ1) is 14.9. The van der Waals surface area contributed by atoms with Gasteiger partial charge in [-0.25, -0.2) is 0 Å². The van der Waals surface area contributed by atoms with Gasteiger partial charge in [-0.3, -0.25) is 4.68 Å². The van der Waals surface area contributed by atoms with Gasteiger partial charge in [-0.15, -0.1) is 0 Å². The van der Waals surface area contributed by atoms with Crippen molar-refractivity contribution in [1.29, 1.82) is 0 Å². The first-order chi connectivity index (χ1) is 8.06. The summed E-state index contributed by atoms with van der Waals surface area (Å²) in [5.41, 5.74) is 2.13. The third-order valence-electron chi connectivity index (χ3n) is 2.80. The van der Waals surface area contributed by atoms with E-state index in [9.17, 15) is 0 Å². The third-order valence-corrected chi connectivity index (χ3v) is 4.20. The van der Waals surface area contributed by atoms with Gasteiger partial charge in [0.15, 0.2) is 0 Å². The molecule has 0 amide bonds. The van der Waals surface area contributed by atoms with Crippen LogP contribution in [-0.2, 0) is 13.6 Å². The summed E-state index contributed by atoms with van der Waals surface area (Å²) in [5.74, 6) is 2.41. The van der Waals surface area contributed by atoms with Crippen LogP contribution in [0, 0.1) is 6.92 Å². The Morgan fingerprint density at radius 1 is 1.53 bits per heavy atom. The summed E-state index contributed by atoms with van der Waals surface area (Å²) < 4.78 is 1.73. The smallest absolute Gasteiger partial charge is 0.131 e. The van der Waals surface area contributed by atoms with Gasteiger partial charge in [0.25, 0.3) is 0 Å². The SMILES string of the molecule is CCSCCC(C)NCc1c(C)nn(C)c1Cl. The van der Waals surface area contributed by atoms with E-state index in [1.165, 1.54) is 17.9 Å². The number of hydrogen-bond acceptors (Lipinski definition) is 3. The molecule has 0 saturated heterocycles. The third kappa shape index (κ3) is 4.53. The Balaban J connectivity index is 2.39. The number of halogens is 1. The quantitative estimate of drug-likeness (QED) is 0.776. The molecule has 0 spiro atoms. The molecule has 0 aromatic carbocycles. The fraction of sp³-hybridized carbons (Fsp3) is 0.750. The Bertz CT molecular complexity index is 352. The fourth-order valence-electron chi connectivity index (χ4n) is 1.66. The lowest BCUT2D eigenvalue weighted by molar-refractivity contribution is 0.536. The average molecular weight is 276 g/mol. The molecule has 0 saturated carbocycles. The normalized spacial score (nSPS) is 13.0. The highest BCUT2D eigenvalue weighted by molar-refractivity contribution is 7.99. The molecular weight excluding hydrogens is 254 g/mol. The number of thioether (sulfide) groups is 1. The van der Waals surface area contributed by atoms with Gasteiger partial charge < -0.3 is 5.32 Å². The molecule has 0 aliphatic carbocycles. The minimum Gasteiger partial charge on any atom is -0.310 e. The second-order valence-corrected chi connectivity index (χ2v) is 6.00. The van der Waals surface area contributed by atoms with Gasteiger partial charge in [-0.2, -0.15) is 16.9 Å². The summed E-state index contributed by atoms with van der Waals surface area (Å²) >= 11 is 8.17. The van der Waals surface area contributed by atoms with E-state index in [0.29, 0.717) is 6.04 Å². The van der Waals surface area contributed by atoms with Gasteiger partial charge in [0.2, 0.25) is 0 Å². The molecule has 98 valence electrons. The van der Waals surface area contributed by atoms with Gasteiger partial charge >= 0.3 is 0 Å². The first-order valence-electron chi connectivity index (χ1n) is 6.05. The van der Waals surface area contributed by atoms with Gasteiger partial charge in [-0.1, -0.05) is 18.5 Å². The zero-order valence-corrected chi connectivity index (χ0v) is 12.7.